The molecule has 3 N–H and O–H groups in total. The van der Waals surface area contributed by atoms with Gasteiger partial charge < -0.3 is 11.1 Å². The first kappa shape index (κ1) is 15.3. The van der Waals surface area contributed by atoms with Crippen molar-refractivity contribution in [3.63, 3.8) is 0 Å². The summed E-state index contributed by atoms with van der Waals surface area (Å²) in [5.41, 5.74) is 6.63. The quantitative estimate of drug-likeness (QED) is 0.839. The second-order valence-corrected chi connectivity index (χ2v) is 8.91. The van der Waals surface area contributed by atoms with E-state index in [1.807, 2.05) is 0 Å². The summed E-state index contributed by atoms with van der Waals surface area (Å²) in [4.78, 5) is 12.5. The lowest BCUT2D eigenvalue weighted by Crippen LogP contribution is -2.52. The van der Waals surface area contributed by atoms with Gasteiger partial charge in [0.2, 0.25) is 5.91 Å². The Balaban J connectivity index is 1.60. The first-order chi connectivity index (χ1) is 9.81. The van der Waals surface area contributed by atoms with Crippen molar-refractivity contribution < 1.29 is 4.79 Å². The Kier molecular flexibility index (Phi) is 3.84. The fourth-order valence-electron chi connectivity index (χ4n) is 5.66. The monoisotopic (exact) mass is 292 g/mol. The second-order valence-electron chi connectivity index (χ2n) is 8.91. The normalized spacial score (nSPS) is 44.8. The average Bonchev–Trinajstić information content (AvgIpc) is 2.86. The smallest absolute Gasteiger partial charge is 0.220 e. The molecule has 3 nitrogen and oxygen atoms in total. The lowest BCUT2D eigenvalue weighted by atomic mass is 9.68. The molecule has 2 bridgehead atoms. The molecule has 3 fully saturated rings. The molecule has 0 spiro atoms. The van der Waals surface area contributed by atoms with E-state index in [-0.39, 0.29) is 11.3 Å². The number of rotatable bonds is 3. The van der Waals surface area contributed by atoms with Crippen LogP contribution in [0, 0.1) is 22.7 Å². The molecule has 0 heterocycles. The Morgan fingerprint density at radius 1 is 1.24 bits per heavy atom. The zero-order valence-corrected chi connectivity index (χ0v) is 14.0. The van der Waals surface area contributed by atoms with Gasteiger partial charge in [-0.2, -0.15) is 0 Å². The second kappa shape index (κ2) is 5.26. The van der Waals surface area contributed by atoms with E-state index in [4.69, 9.17) is 5.73 Å². The van der Waals surface area contributed by atoms with E-state index in [2.05, 4.69) is 26.1 Å². The molecule has 3 rings (SSSR count). The molecule has 1 amide bonds. The summed E-state index contributed by atoms with van der Waals surface area (Å²) in [6.07, 6.45) is 9.12. The van der Waals surface area contributed by atoms with Gasteiger partial charge >= 0.3 is 0 Å². The van der Waals surface area contributed by atoms with Gasteiger partial charge in [-0.1, -0.05) is 27.2 Å². The van der Waals surface area contributed by atoms with Gasteiger partial charge in [-0.05, 0) is 61.2 Å². The number of amides is 1. The zero-order valence-electron chi connectivity index (χ0n) is 14.0. The predicted molar refractivity (Wildman–Crippen MR) is 85.7 cm³/mol. The van der Waals surface area contributed by atoms with Gasteiger partial charge in [0.25, 0.3) is 0 Å². The molecule has 3 saturated carbocycles. The minimum atomic E-state index is 0.256. The van der Waals surface area contributed by atoms with Crippen molar-refractivity contribution in [2.75, 3.05) is 0 Å². The molecular formula is C18H32N2O. The minimum Gasteiger partial charge on any atom is -0.352 e. The largest absolute Gasteiger partial charge is 0.352 e. The molecule has 0 aliphatic heterocycles. The fourth-order valence-corrected chi connectivity index (χ4v) is 5.66. The van der Waals surface area contributed by atoms with Crippen molar-refractivity contribution in [1.29, 1.82) is 0 Å². The average molecular weight is 292 g/mol. The topological polar surface area (TPSA) is 55.1 Å². The van der Waals surface area contributed by atoms with E-state index >= 15 is 0 Å². The van der Waals surface area contributed by atoms with E-state index in [1.165, 1.54) is 32.1 Å². The van der Waals surface area contributed by atoms with Crippen molar-refractivity contribution in [3.05, 3.63) is 0 Å². The third-order valence-electron chi connectivity index (χ3n) is 6.87. The predicted octanol–water partition coefficient (Wildman–Crippen LogP) is 3.23. The lowest BCUT2D eigenvalue weighted by molar-refractivity contribution is -0.125. The van der Waals surface area contributed by atoms with Crippen molar-refractivity contribution in [2.24, 2.45) is 28.4 Å². The third kappa shape index (κ3) is 2.74. The van der Waals surface area contributed by atoms with Crippen molar-refractivity contribution in [3.8, 4) is 0 Å². The third-order valence-corrected chi connectivity index (χ3v) is 6.87. The Labute approximate surface area is 129 Å². The fraction of sp³-hybridized carbons (Fsp3) is 0.944. The molecule has 0 radical (unpaired) electrons. The first-order valence-electron chi connectivity index (χ1n) is 8.86. The van der Waals surface area contributed by atoms with Crippen LogP contribution in [-0.4, -0.2) is 18.0 Å². The van der Waals surface area contributed by atoms with Crippen LogP contribution in [0.15, 0.2) is 0 Å². The first-order valence-corrected chi connectivity index (χ1v) is 8.86. The molecule has 21 heavy (non-hydrogen) atoms. The molecule has 5 unspecified atom stereocenters. The van der Waals surface area contributed by atoms with Crippen LogP contribution in [0.4, 0.5) is 0 Å². The van der Waals surface area contributed by atoms with Crippen molar-refractivity contribution >= 4 is 5.91 Å². The Bertz CT molecular complexity index is 415. The lowest BCUT2D eigenvalue weighted by Gasteiger charge is -2.43. The molecule has 0 saturated heterocycles. The van der Waals surface area contributed by atoms with Gasteiger partial charge in [-0.15, -0.1) is 0 Å². The summed E-state index contributed by atoms with van der Waals surface area (Å²) < 4.78 is 0. The maximum atomic E-state index is 12.5. The van der Waals surface area contributed by atoms with Crippen LogP contribution in [0.25, 0.3) is 0 Å². The number of nitrogens with one attached hydrogen (secondary N) is 1. The van der Waals surface area contributed by atoms with Gasteiger partial charge in [0.15, 0.2) is 0 Å². The standard InChI is InChI=1S/C18H32N2O/c1-17(2)13-7-8-18(3,11-13)16(17)20-15(21)10-12-5-4-6-14(19)9-12/h12-14,16H,4-11,19H2,1-3H3,(H,20,21). The zero-order chi connectivity index (χ0) is 15.3. The summed E-state index contributed by atoms with van der Waals surface area (Å²) in [7, 11) is 0. The molecule has 3 heteroatoms. The van der Waals surface area contributed by atoms with Crippen LogP contribution < -0.4 is 11.1 Å². The van der Waals surface area contributed by atoms with E-state index in [1.54, 1.807) is 0 Å². The van der Waals surface area contributed by atoms with Crippen molar-refractivity contribution in [2.45, 2.75) is 84.2 Å². The molecule has 0 aromatic carbocycles. The molecule has 0 aromatic rings. The summed E-state index contributed by atoms with van der Waals surface area (Å²) in [6, 6.07) is 0.668. The number of carbonyl (C=O) groups excluding carboxylic acids is 1. The SMILES string of the molecule is CC12CCC(C1)C(C)(C)C2NC(=O)CC1CCCC(N)C1. The van der Waals surface area contributed by atoms with Crippen LogP contribution in [0.1, 0.15) is 72.1 Å². The van der Waals surface area contributed by atoms with Crippen molar-refractivity contribution in [1.82, 2.24) is 5.32 Å². The number of hydrogen-bond donors (Lipinski definition) is 2. The number of hydrogen-bond acceptors (Lipinski definition) is 2. The van der Waals surface area contributed by atoms with E-state index in [0.717, 1.165) is 18.8 Å². The van der Waals surface area contributed by atoms with E-state index in [0.29, 0.717) is 29.8 Å². The maximum absolute atomic E-state index is 12.5. The Hall–Kier alpha value is -0.570. The molecule has 3 aliphatic carbocycles. The summed E-state index contributed by atoms with van der Waals surface area (Å²) >= 11 is 0. The van der Waals surface area contributed by atoms with Crippen LogP contribution in [0.3, 0.4) is 0 Å². The summed E-state index contributed by atoms with van der Waals surface area (Å²) in [5.74, 6) is 1.56. The summed E-state index contributed by atoms with van der Waals surface area (Å²) in [5, 5.41) is 3.42. The Morgan fingerprint density at radius 3 is 2.62 bits per heavy atom. The molecule has 5 atom stereocenters. The highest BCUT2D eigenvalue weighted by molar-refractivity contribution is 5.76. The summed E-state index contributed by atoms with van der Waals surface area (Å²) in [6.45, 7) is 7.08. The molecule has 0 aromatic heterocycles. The van der Waals surface area contributed by atoms with Gasteiger partial charge in [-0.3, -0.25) is 4.79 Å². The van der Waals surface area contributed by atoms with Crippen LogP contribution in [-0.2, 0) is 4.79 Å². The van der Waals surface area contributed by atoms with Crippen LogP contribution >= 0.6 is 0 Å². The highest BCUT2D eigenvalue weighted by Crippen LogP contribution is 2.62. The Morgan fingerprint density at radius 2 is 2.00 bits per heavy atom. The molecule has 120 valence electrons. The van der Waals surface area contributed by atoms with Gasteiger partial charge in [0, 0.05) is 18.5 Å². The minimum absolute atomic E-state index is 0.256. The number of nitrogens with two attached hydrogens (primary N) is 1. The number of fused-ring (bicyclic) bond motifs is 2. The van der Waals surface area contributed by atoms with Gasteiger partial charge in [-0.25, -0.2) is 0 Å². The van der Waals surface area contributed by atoms with Gasteiger partial charge in [0.1, 0.15) is 0 Å². The molecular weight excluding hydrogens is 260 g/mol. The van der Waals surface area contributed by atoms with E-state index < -0.39 is 0 Å². The van der Waals surface area contributed by atoms with Crippen LogP contribution in [0.5, 0.6) is 0 Å². The molecule has 3 aliphatic rings. The van der Waals surface area contributed by atoms with Gasteiger partial charge in [0.05, 0.1) is 0 Å². The van der Waals surface area contributed by atoms with E-state index in [9.17, 15) is 4.79 Å². The number of carbonyl (C=O) groups is 1. The highest BCUT2D eigenvalue weighted by Gasteiger charge is 2.59. The highest BCUT2D eigenvalue weighted by atomic mass is 16.1. The van der Waals surface area contributed by atoms with Crippen LogP contribution in [0.2, 0.25) is 0 Å². The maximum Gasteiger partial charge on any atom is 0.220 e.